The third-order valence-corrected chi connectivity index (χ3v) is 4.34. The van der Waals surface area contributed by atoms with Crippen LogP contribution in [0.4, 0.5) is 0 Å². The molecule has 2 aromatic carbocycles. The zero-order valence-corrected chi connectivity index (χ0v) is 15.1. The number of rotatable bonds is 5. The van der Waals surface area contributed by atoms with Crippen LogP contribution in [0, 0.1) is 6.92 Å². The van der Waals surface area contributed by atoms with E-state index in [0.29, 0.717) is 17.0 Å². The number of benzene rings is 2. The number of carbonyl (C=O) groups excluding carboxylic acids is 2. The van der Waals surface area contributed by atoms with Gasteiger partial charge >= 0.3 is 0 Å². The Morgan fingerprint density at radius 3 is 2.50 bits per heavy atom. The Bertz CT molecular complexity index is 996. The first-order valence-corrected chi connectivity index (χ1v) is 8.40. The molecule has 1 aromatic heterocycles. The molecule has 26 heavy (non-hydrogen) atoms. The Morgan fingerprint density at radius 2 is 1.81 bits per heavy atom. The lowest BCUT2D eigenvalue weighted by Crippen LogP contribution is -2.10. The summed E-state index contributed by atoms with van der Waals surface area (Å²) < 4.78 is 5.15. The Morgan fingerprint density at radius 1 is 1.12 bits per heavy atom. The van der Waals surface area contributed by atoms with Crippen LogP contribution in [0.15, 0.2) is 47.0 Å². The summed E-state index contributed by atoms with van der Waals surface area (Å²) in [6.07, 6.45) is -0.480. The second-order valence-electron chi connectivity index (χ2n) is 5.64. The van der Waals surface area contributed by atoms with Crippen molar-refractivity contribution in [2.45, 2.75) is 13.3 Å². The van der Waals surface area contributed by atoms with Crippen LogP contribution in [-0.2, 0) is 0 Å². The van der Waals surface area contributed by atoms with Crippen molar-refractivity contribution in [2.24, 2.45) is 0 Å². The van der Waals surface area contributed by atoms with E-state index in [1.807, 2.05) is 18.2 Å². The van der Waals surface area contributed by atoms with Gasteiger partial charge in [-0.15, -0.1) is 0 Å². The molecular formula is C19H13Cl2NO4. The van der Waals surface area contributed by atoms with Gasteiger partial charge in [0, 0.05) is 10.6 Å². The van der Waals surface area contributed by atoms with Crippen molar-refractivity contribution >= 4 is 34.8 Å². The highest BCUT2D eigenvalue weighted by Gasteiger charge is 2.25. The minimum Gasteiger partial charge on any atom is -0.506 e. The molecule has 0 aliphatic heterocycles. The molecule has 0 saturated carbocycles. The fourth-order valence-electron chi connectivity index (χ4n) is 2.60. The molecule has 132 valence electrons. The molecule has 0 aliphatic carbocycles. The van der Waals surface area contributed by atoms with E-state index < -0.39 is 23.7 Å². The molecule has 3 rings (SSSR count). The lowest BCUT2D eigenvalue weighted by atomic mass is 9.97. The monoisotopic (exact) mass is 389 g/mol. The van der Waals surface area contributed by atoms with Gasteiger partial charge in [-0.05, 0) is 19.1 Å². The average molecular weight is 390 g/mol. The molecule has 5 nitrogen and oxygen atoms in total. The quantitative estimate of drug-likeness (QED) is 0.483. The summed E-state index contributed by atoms with van der Waals surface area (Å²) in [5.41, 5.74) is 1.20. The van der Waals surface area contributed by atoms with Crippen molar-refractivity contribution in [3.8, 4) is 17.0 Å². The number of carbonyl (C=O) groups is 2. The zero-order chi connectivity index (χ0) is 18.8. The third kappa shape index (κ3) is 3.49. The van der Waals surface area contributed by atoms with Gasteiger partial charge in [0.05, 0.1) is 22.6 Å². The fourth-order valence-corrected chi connectivity index (χ4v) is 3.09. The van der Waals surface area contributed by atoms with Crippen LogP contribution in [0.25, 0.3) is 11.3 Å². The van der Waals surface area contributed by atoms with Crippen LogP contribution < -0.4 is 0 Å². The predicted octanol–water partition coefficient (Wildman–Crippen LogP) is 5.12. The first kappa shape index (κ1) is 18.2. The minimum atomic E-state index is -0.600. The van der Waals surface area contributed by atoms with Crippen molar-refractivity contribution in [3.63, 3.8) is 0 Å². The Balaban J connectivity index is 1.93. The summed E-state index contributed by atoms with van der Waals surface area (Å²) in [5, 5.41) is 14.0. The molecule has 0 aliphatic rings. The normalized spacial score (nSPS) is 10.7. The Kier molecular flexibility index (Phi) is 5.11. The maximum absolute atomic E-state index is 12.7. The molecule has 0 bridgehead atoms. The van der Waals surface area contributed by atoms with E-state index in [-0.39, 0.29) is 21.2 Å². The number of hydrogen-bond acceptors (Lipinski definition) is 5. The highest BCUT2D eigenvalue weighted by atomic mass is 35.5. The number of ketones is 2. The molecule has 0 unspecified atom stereocenters. The molecule has 0 fully saturated rings. The highest BCUT2D eigenvalue weighted by molar-refractivity contribution is 6.36. The molecule has 7 heteroatoms. The summed E-state index contributed by atoms with van der Waals surface area (Å²) in [5.74, 6) is -1.16. The van der Waals surface area contributed by atoms with E-state index in [1.165, 1.54) is 12.1 Å². The van der Waals surface area contributed by atoms with Crippen molar-refractivity contribution in [1.82, 2.24) is 5.16 Å². The van der Waals surface area contributed by atoms with Crippen LogP contribution in [-0.4, -0.2) is 21.8 Å². The van der Waals surface area contributed by atoms with Gasteiger partial charge in [0.15, 0.2) is 11.6 Å². The number of Topliss-reactive ketones (excluding diaryl/α,β-unsaturated/α-hetero) is 2. The molecule has 0 atom stereocenters. The molecule has 0 saturated heterocycles. The standard InChI is InChI=1S/C19H13Cl2NO4/c1-10-17(18(22-26-10)11-5-3-2-4-6-11)16(24)9-15(23)13-7-12(20)8-14(21)19(13)25/h2-8,25H,9H2,1H3. The largest absolute Gasteiger partial charge is 0.506 e. The summed E-state index contributed by atoms with van der Waals surface area (Å²) in [7, 11) is 0. The fraction of sp³-hybridized carbons (Fsp3) is 0.105. The lowest BCUT2D eigenvalue weighted by molar-refractivity contribution is 0.0892. The van der Waals surface area contributed by atoms with Crippen LogP contribution in [0.2, 0.25) is 10.0 Å². The molecule has 0 radical (unpaired) electrons. The molecule has 0 spiro atoms. The van der Waals surface area contributed by atoms with E-state index >= 15 is 0 Å². The molecule has 1 heterocycles. The SMILES string of the molecule is Cc1onc(-c2ccccc2)c1C(=O)CC(=O)c1cc(Cl)cc(Cl)c1O. The van der Waals surface area contributed by atoms with Crippen LogP contribution in [0.5, 0.6) is 5.75 Å². The third-order valence-electron chi connectivity index (χ3n) is 3.84. The van der Waals surface area contributed by atoms with Gasteiger partial charge < -0.3 is 9.63 Å². The van der Waals surface area contributed by atoms with E-state index in [9.17, 15) is 14.7 Å². The number of aromatic hydroxyl groups is 1. The van der Waals surface area contributed by atoms with E-state index in [1.54, 1.807) is 19.1 Å². The van der Waals surface area contributed by atoms with Crippen molar-refractivity contribution in [2.75, 3.05) is 0 Å². The predicted molar refractivity (Wildman–Crippen MR) is 98.1 cm³/mol. The van der Waals surface area contributed by atoms with Crippen molar-refractivity contribution in [1.29, 1.82) is 0 Å². The first-order chi connectivity index (χ1) is 12.4. The Labute approximate surface area is 159 Å². The summed E-state index contributed by atoms with van der Waals surface area (Å²) in [6, 6.07) is 11.6. The molecule has 1 N–H and O–H groups in total. The van der Waals surface area contributed by atoms with Gasteiger partial charge in [-0.3, -0.25) is 9.59 Å². The second-order valence-corrected chi connectivity index (χ2v) is 6.48. The number of aryl methyl sites for hydroxylation is 1. The average Bonchev–Trinajstić information content (AvgIpc) is 3.00. The second kappa shape index (κ2) is 7.32. The number of phenolic OH excluding ortho intramolecular Hbond substituents is 1. The smallest absolute Gasteiger partial charge is 0.176 e. The molecule has 3 aromatic rings. The molecular weight excluding hydrogens is 377 g/mol. The van der Waals surface area contributed by atoms with E-state index in [4.69, 9.17) is 27.7 Å². The van der Waals surface area contributed by atoms with Gasteiger partial charge in [-0.1, -0.05) is 58.7 Å². The van der Waals surface area contributed by atoms with Gasteiger partial charge in [-0.25, -0.2) is 0 Å². The van der Waals surface area contributed by atoms with Gasteiger partial charge in [-0.2, -0.15) is 0 Å². The van der Waals surface area contributed by atoms with Gasteiger partial charge in [0.2, 0.25) is 0 Å². The van der Waals surface area contributed by atoms with E-state index in [0.717, 1.165) is 0 Å². The maximum Gasteiger partial charge on any atom is 0.176 e. The number of halogens is 2. The van der Waals surface area contributed by atoms with E-state index in [2.05, 4.69) is 5.16 Å². The first-order valence-electron chi connectivity index (χ1n) is 7.64. The summed E-state index contributed by atoms with van der Waals surface area (Å²) in [6.45, 7) is 1.60. The van der Waals surface area contributed by atoms with Crippen molar-refractivity contribution < 1.29 is 19.2 Å². The minimum absolute atomic E-state index is 0.0561. The summed E-state index contributed by atoms with van der Waals surface area (Å²) in [4.78, 5) is 25.2. The maximum atomic E-state index is 12.7. The lowest BCUT2D eigenvalue weighted by Gasteiger charge is -2.06. The van der Waals surface area contributed by atoms with Gasteiger partial charge in [0.1, 0.15) is 17.2 Å². The highest BCUT2D eigenvalue weighted by Crippen LogP contribution is 2.33. The number of hydrogen-bond donors (Lipinski definition) is 1. The molecule has 0 amide bonds. The number of nitrogens with zero attached hydrogens (tertiary/aromatic N) is 1. The topological polar surface area (TPSA) is 80.4 Å². The van der Waals surface area contributed by atoms with Crippen molar-refractivity contribution in [3.05, 3.63) is 69.4 Å². The zero-order valence-electron chi connectivity index (χ0n) is 13.6. The number of phenols is 1. The number of aromatic nitrogens is 1. The summed E-state index contributed by atoms with van der Waals surface area (Å²) >= 11 is 11.7. The van der Waals surface area contributed by atoms with Crippen LogP contribution in [0.1, 0.15) is 32.9 Å². The Hall–Kier alpha value is -2.63. The van der Waals surface area contributed by atoms with Crippen LogP contribution in [0.3, 0.4) is 0 Å². The van der Waals surface area contributed by atoms with Crippen LogP contribution >= 0.6 is 23.2 Å². The van der Waals surface area contributed by atoms with Gasteiger partial charge in [0.25, 0.3) is 0 Å².